The van der Waals surface area contributed by atoms with Gasteiger partial charge in [0.15, 0.2) is 11.6 Å². The number of nitrogens with two attached hydrogens (primary N) is 2. The molecule has 12 heteroatoms. The summed E-state index contributed by atoms with van der Waals surface area (Å²) < 4.78 is 95.4. The molecule has 4 N–H and O–H groups in total. The average Bonchev–Trinajstić information content (AvgIpc) is 2.93. The molecule has 1 unspecified atom stereocenters. The molecule has 3 rings (SSSR count). The minimum atomic E-state index is -4.22. The summed E-state index contributed by atoms with van der Waals surface area (Å²) in [5.41, 5.74) is 13.0. The zero-order chi connectivity index (χ0) is 31.6. The lowest BCUT2D eigenvalue weighted by Crippen LogP contribution is -2.22. The van der Waals surface area contributed by atoms with Crippen LogP contribution in [0, 0.1) is 12.7 Å². The molecule has 0 saturated heterocycles. The number of halogens is 6. The molecule has 0 aromatic heterocycles. The van der Waals surface area contributed by atoms with Crippen molar-refractivity contribution < 1.29 is 45.3 Å². The maximum absolute atomic E-state index is 14.7. The molecule has 0 saturated carbocycles. The highest BCUT2D eigenvalue weighted by atomic mass is 19.4. The zero-order valence-electron chi connectivity index (χ0n) is 23.0. The fraction of sp³-hybridized carbons (Fsp3) is 0.290. The Labute approximate surface area is 245 Å². The van der Waals surface area contributed by atoms with Crippen molar-refractivity contribution in [3.05, 3.63) is 96.2 Å². The lowest BCUT2D eigenvalue weighted by molar-refractivity contribution is -0.187. The van der Waals surface area contributed by atoms with Gasteiger partial charge in [-0.3, -0.25) is 0 Å². The van der Waals surface area contributed by atoms with E-state index in [1.165, 1.54) is 24.3 Å². The Balaban J connectivity index is 1.49. The van der Waals surface area contributed by atoms with Gasteiger partial charge in [0.2, 0.25) is 0 Å². The van der Waals surface area contributed by atoms with Gasteiger partial charge >= 0.3 is 18.3 Å². The van der Waals surface area contributed by atoms with E-state index >= 15 is 0 Å². The molecule has 0 amide bonds. The van der Waals surface area contributed by atoms with Crippen molar-refractivity contribution in [1.82, 2.24) is 0 Å². The summed E-state index contributed by atoms with van der Waals surface area (Å²) in [5, 5.41) is 0. The molecule has 43 heavy (non-hydrogen) atoms. The molecule has 0 heterocycles. The number of ether oxygens (including phenoxy) is 3. The topological polar surface area (TPSA) is 96.8 Å². The third-order valence-corrected chi connectivity index (χ3v) is 6.15. The minimum Gasteiger partial charge on any atom is -0.493 e. The molecule has 0 fully saturated rings. The van der Waals surface area contributed by atoms with Crippen LogP contribution < -0.4 is 20.9 Å². The van der Waals surface area contributed by atoms with Crippen molar-refractivity contribution in [1.29, 1.82) is 0 Å². The highest BCUT2D eigenvalue weighted by Crippen LogP contribution is 2.34. The second-order valence-corrected chi connectivity index (χ2v) is 9.66. The zero-order valence-corrected chi connectivity index (χ0v) is 23.0. The fourth-order valence-corrected chi connectivity index (χ4v) is 3.88. The SMILES string of the molecule is [CH2]C(COC(=O)/C=C/c1ccc(C(F)(F)Oc2ccc(OCCCCCC(F)(F)F)cc2F)cc1)c1ccc(N)cc1N. The van der Waals surface area contributed by atoms with E-state index in [0.717, 1.165) is 30.3 Å². The number of hydrogen-bond donors (Lipinski definition) is 2. The number of carbonyl (C=O) groups is 1. The fourth-order valence-electron chi connectivity index (χ4n) is 3.88. The van der Waals surface area contributed by atoms with Crippen LogP contribution in [0.25, 0.3) is 6.08 Å². The highest BCUT2D eigenvalue weighted by molar-refractivity contribution is 5.87. The Hall–Kier alpha value is -4.35. The molecule has 3 aromatic carbocycles. The normalized spacial score (nSPS) is 12.7. The van der Waals surface area contributed by atoms with E-state index in [2.05, 4.69) is 11.7 Å². The number of alkyl halides is 5. The van der Waals surface area contributed by atoms with E-state index in [9.17, 15) is 31.1 Å². The first-order valence-corrected chi connectivity index (χ1v) is 13.2. The van der Waals surface area contributed by atoms with Gasteiger partial charge < -0.3 is 25.7 Å². The van der Waals surface area contributed by atoms with Crippen molar-refractivity contribution in [3.63, 3.8) is 0 Å². The Bertz CT molecular complexity index is 1390. The van der Waals surface area contributed by atoms with Crippen molar-refractivity contribution in [2.45, 2.75) is 43.9 Å². The van der Waals surface area contributed by atoms with Gasteiger partial charge in [-0.1, -0.05) is 18.2 Å². The number of benzene rings is 3. The van der Waals surface area contributed by atoms with Crippen LogP contribution >= 0.6 is 0 Å². The predicted octanol–water partition coefficient (Wildman–Crippen LogP) is 7.79. The van der Waals surface area contributed by atoms with Crippen LogP contribution in [0.3, 0.4) is 0 Å². The molecule has 0 aliphatic rings. The Morgan fingerprint density at radius 3 is 2.30 bits per heavy atom. The van der Waals surface area contributed by atoms with Crippen LogP contribution in [0.5, 0.6) is 11.5 Å². The summed E-state index contributed by atoms with van der Waals surface area (Å²) >= 11 is 0. The largest absolute Gasteiger partial charge is 0.493 e. The summed E-state index contributed by atoms with van der Waals surface area (Å²) in [7, 11) is 0. The molecular formula is C31H31F6N2O4. The molecule has 6 nitrogen and oxygen atoms in total. The van der Waals surface area contributed by atoms with Crippen LogP contribution in [-0.2, 0) is 15.6 Å². The van der Waals surface area contributed by atoms with Crippen molar-refractivity contribution in [2.24, 2.45) is 0 Å². The second-order valence-electron chi connectivity index (χ2n) is 9.66. The maximum atomic E-state index is 14.7. The Kier molecular flexibility index (Phi) is 11.3. The van der Waals surface area contributed by atoms with Crippen LogP contribution in [0.4, 0.5) is 37.7 Å². The van der Waals surface area contributed by atoms with Crippen molar-refractivity contribution in [3.8, 4) is 11.5 Å². The van der Waals surface area contributed by atoms with E-state index in [4.69, 9.17) is 20.9 Å². The summed E-state index contributed by atoms with van der Waals surface area (Å²) in [6, 6.07) is 12.8. The first kappa shape index (κ1) is 33.2. The van der Waals surface area contributed by atoms with Gasteiger partial charge in [-0.05, 0) is 79.8 Å². The number of esters is 1. The lowest BCUT2D eigenvalue weighted by atomic mass is 10.00. The Morgan fingerprint density at radius 1 is 0.930 bits per heavy atom. The molecule has 3 aromatic rings. The van der Waals surface area contributed by atoms with Crippen molar-refractivity contribution in [2.75, 3.05) is 24.7 Å². The molecular weight excluding hydrogens is 578 g/mol. The van der Waals surface area contributed by atoms with E-state index in [1.807, 2.05) is 0 Å². The van der Waals surface area contributed by atoms with Gasteiger partial charge in [0.25, 0.3) is 0 Å². The molecule has 1 radical (unpaired) electrons. The number of rotatable bonds is 14. The van der Waals surface area contributed by atoms with Gasteiger partial charge in [0.05, 0.1) is 18.8 Å². The number of unbranched alkanes of at least 4 members (excludes halogenated alkanes) is 2. The summed E-state index contributed by atoms with van der Waals surface area (Å²) in [4.78, 5) is 12.1. The molecule has 0 aliphatic carbocycles. The summed E-state index contributed by atoms with van der Waals surface area (Å²) in [6.45, 7) is 3.92. The van der Waals surface area contributed by atoms with Crippen LogP contribution in [-0.4, -0.2) is 25.4 Å². The quantitative estimate of drug-likeness (QED) is 0.0637. The Morgan fingerprint density at radius 2 is 1.65 bits per heavy atom. The third kappa shape index (κ3) is 10.8. The van der Waals surface area contributed by atoms with E-state index in [0.29, 0.717) is 28.9 Å². The number of anilines is 2. The van der Waals surface area contributed by atoms with E-state index in [1.54, 1.807) is 18.2 Å². The number of carbonyl (C=O) groups excluding carboxylic acids is 1. The predicted molar refractivity (Wildman–Crippen MR) is 151 cm³/mol. The van der Waals surface area contributed by atoms with Crippen LogP contribution in [0.1, 0.15) is 48.3 Å². The van der Waals surface area contributed by atoms with Gasteiger partial charge in [0.1, 0.15) is 5.75 Å². The van der Waals surface area contributed by atoms with Gasteiger partial charge in [-0.15, -0.1) is 0 Å². The van der Waals surface area contributed by atoms with Gasteiger partial charge in [-0.25, -0.2) is 9.18 Å². The highest BCUT2D eigenvalue weighted by Gasteiger charge is 2.35. The third-order valence-electron chi connectivity index (χ3n) is 6.15. The first-order chi connectivity index (χ1) is 20.2. The lowest BCUT2D eigenvalue weighted by Gasteiger charge is -2.19. The molecule has 0 bridgehead atoms. The van der Waals surface area contributed by atoms with Gasteiger partial charge in [-0.2, -0.15) is 22.0 Å². The van der Waals surface area contributed by atoms with Crippen molar-refractivity contribution >= 4 is 23.4 Å². The summed E-state index contributed by atoms with van der Waals surface area (Å²) in [6.07, 6.45) is -5.97. The van der Waals surface area contributed by atoms with E-state index in [-0.39, 0.29) is 31.8 Å². The summed E-state index contributed by atoms with van der Waals surface area (Å²) in [5.74, 6) is -2.91. The van der Waals surface area contributed by atoms with Crippen LogP contribution in [0.2, 0.25) is 0 Å². The molecule has 231 valence electrons. The average molecular weight is 610 g/mol. The number of hydrogen-bond acceptors (Lipinski definition) is 6. The second kappa shape index (κ2) is 14.7. The molecule has 0 spiro atoms. The minimum absolute atomic E-state index is 0.0266. The van der Waals surface area contributed by atoms with E-state index < -0.39 is 47.7 Å². The smallest absolute Gasteiger partial charge is 0.426 e. The first-order valence-electron chi connectivity index (χ1n) is 13.2. The van der Waals surface area contributed by atoms with Crippen LogP contribution in [0.15, 0.2) is 66.7 Å². The standard InChI is InChI=1S/C31H31F6N2O4/c1-20(25-12-10-23(38)17-27(25)39)19-42-29(40)14-7-21-5-8-22(9-6-21)31(36,37)43-28-13-11-24(18-26(28)32)41-16-4-2-3-15-30(33,34)35/h5-14,17-18,20H,1-4,15-16,19,38-39H2/b14-7+. The van der Waals surface area contributed by atoms with Gasteiger partial charge in [0, 0.05) is 35.9 Å². The maximum Gasteiger partial charge on any atom is 0.426 e. The monoisotopic (exact) mass is 609 g/mol. The molecule has 1 atom stereocenters. The number of nitrogen functional groups attached to an aromatic ring is 2. The molecule has 0 aliphatic heterocycles.